The van der Waals surface area contributed by atoms with Crippen molar-refractivity contribution in [1.29, 1.82) is 0 Å². The van der Waals surface area contributed by atoms with Crippen molar-refractivity contribution >= 4 is 44.1 Å². The van der Waals surface area contributed by atoms with E-state index in [2.05, 4.69) is 15.0 Å². The van der Waals surface area contributed by atoms with Gasteiger partial charge < -0.3 is 10.1 Å². The van der Waals surface area contributed by atoms with Crippen LogP contribution in [-0.2, 0) is 14.8 Å². The number of ether oxygens (including phenoxy) is 1. The minimum atomic E-state index is -3.90. The molecule has 1 aliphatic rings. The first-order valence-corrected chi connectivity index (χ1v) is 11.4. The molecule has 1 atom stereocenters. The fraction of sp³-hybridized carbons (Fsp3) is 0.238. The van der Waals surface area contributed by atoms with Crippen molar-refractivity contribution in [3.63, 3.8) is 0 Å². The van der Waals surface area contributed by atoms with Gasteiger partial charge in [0.05, 0.1) is 22.3 Å². The topological polar surface area (TPSA) is 97.4 Å². The predicted molar refractivity (Wildman–Crippen MR) is 115 cm³/mol. The lowest BCUT2D eigenvalue weighted by molar-refractivity contribution is 0.102. The lowest BCUT2D eigenvalue weighted by atomic mass is 10.1. The number of benzene rings is 2. The molecule has 7 nitrogen and oxygen atoms in total. The van der Waals surface area contributed by atoms with E-state index in [1.807, 2.05) is 24.3 Å². The molecule has 9 heteroatoms. The molecule has 156 valence electrons. The van der Waals surface area contributed by atoms with E-state index in [9.17, 15) is 13.2 Å². The number of hydrogen-bond acceptors (Lipinski definition) is 5. The van der Waals surface area contributed by atoms with Gasteiger partial charge in [0.2, 0.25) is 10.0 Å². The Balaban J connectivity index is 1.56. The molecule has 1 fully saturated rings. The SMILES string of the molecule is O=C(Nc1cccc2cccnc12)c1ccc(Cl)c(S(=O)(=O)NC[C@@H]2CCCO2)c1. The number of rotatable bonds is 6. The van der Waals surface area contributed by atoms with Gasteiger partial charge in [0.15, 0.2) is 0 Å². The van der Waals surface area contributed by atoms with E-state index in [1.54, 1.807) is 12.3 Å². The molecule has 0 unspecified atom stereocenters. The van der Waals surface area contributed by atoms with Crippen LogP contribution in [0.25, 0.3) is 10.9 Å². The highest BCUT2D eigenvalue weighted by Gasteiger charge is 2.23. The molecule has 2 aromatic carbocycles. The van der Waals surface area contributed by atoms with Crippen molar-refractivity contribution in [2.75, 3.05) is 18.5 Å². The molecule has 0 saturated carbocycles. The Labute approximate surface area is 179 Å². The Morgan fingerprint density at radius 2 is 2.03 bits per heavy atom. The highest BCUT2D eigenvalue weighted by molar-refractivity contribution is 7.89. The van der Waals surface area contributed by atoms with Crippen LogP contribution in [0.3, 0.4) is 0 Å². The number of carbonyl (C=O) groups is 1. The summed E-state index contributed by atoms with van der Waals surface area (Å²) >= 11 is 6.13. The number of carbonyl (C=O) groups excluding carboxylic acids is 1. The molecule has 1 saturated heterocycles. The van der Waals surface area contributed by atoms with Gasteiger partial charge in [-0.15, -0.1) is 0 Å². The Hall–Kier alpha value is -2.52. The summed E-state index contributed by atoms with van der Waals surface area (Å²) in [5.74, 6) is -0.458. The van der Waals surface area contributed by atoms with Crippen LogP contribution >= 0.6 is 11.6 Å². The quantitative estimate of drug-likeness (QED) is 0.604. The van der Waals surface area contributed by atoms with Gasteiger partial charge >= 0.3 is 0 Å². The molecule has 1 aromatic heterocycles. The van der Waals surface area contributed by atoms with Crippen molar-refractivity contribution in [3.8, 4) is 0 Å². The van der Waals surface area contributed by atoms with Gasteiger partial charge in [0.25, 0.3) is 5.91 Å². The van der Waals surface area contributed by atoms with Crippen LogP contribution in [0.5, 0.6) is 0 Å². The molecule has 3 aromatic rings. The predicted octanol–water partition coefficient (Wildman–Crippen LogP) is 3.60. The van der Waals surface area contributed by atoms with E-state index in [-0.39, 0.29) is 28.1 Å². The van der Waals surface area contributed by atoms with Gasteiger partial charge in [-0.25, -0.2) is 13.1 Å². The van der Waals surface area contributed by atoms with Gasteiger partial charge in [0, 0.05) is 30.3 Å². The number of anilines is 1. The smallest absolute Gasteiger partial charge is 0.255 e. The van der Waals surface area contributed by atoms with Crippen LogP contribution in [0.4, 0.5) is 5.69 Å². The number of pyridine rings is 1. The number of sulfonamides is 1. The summed E-state index contributed by atoms with van der Waals surface area (Å²) in [4.78, 5) is 17.0. The molecular formula is C21H20ClN3O4S. The number of hydrogen-bond donors (Lipinski definition) is 2. The molecule has 2 heterocycles. The van der Waals surface area contributed by atoms with Crippen LogP contribution in [0.2, 0.25) is 5.02 Å². The molecule has 1 amide bonds. The number of nitrogens with zero attached hydrogens (tertiary/aromatic N) is 1. The molecule has 0 radical (unpaired) electrons. The van der Waals surface area contributed by atoms with E-state index in [1.165, 1.54) is 18.2 Å². The number of aromatic nitrogens is 1. The second-order valence-electron chi connectivity index (χ2n) is 6.97. The zero-order valence-electron chi connectivity index (χ0n) is 16.0. The number of amides is 1. The lowest BCUT2D eigenvalue weighted by Gasteiger charge is -2.13. The van der Waals surface area contributed by atoms with Crippen molar-refractivity contribution in [2.45, 2.75) is 23.8 Å². The Kier molecular flexibility index (Phi) is 6.01. The summed E-state index contributed by atoms with van der Waals surface area (Å²) in [6.45, 7) is 0.794. The zero-order chi connectivity index (χ0) is 21.1. The van der Waals surface area contributed by atoms with Crippen molar-refractivity contribution in [2.24, 2.45) is 0 Å². The summed E-state index contributed by atoms with van der Waals surface area (Å²) < 4.78 is 33.4. The van der Waals surface area contributed by atoms with Crippen LogP contribution in [0.1, 0.15) is 23.2 Å². The molecule has 2 N–H and O–H groups in total. The standard InChI is InChI=1S/C21H20ClN3O4S/c22-17-9-8-15(12-19(17)30(27,28)24-13-16-6-3-11-29-16)21(26)25-18-7-1-4-14-5-2-10-23-20(14)18/h1-2,4-5,7-10,12,16,24H,3,6,11,13H2,(H,25,26)/t16-/m0/s1. The minimum absolute atomic E-state index is 0.0400. The first-order valence-electron chi connectivity index (χ1n) is 9.50. The van der Waals surface area contributed by atoms with Gasteiger partial charge in [-0.1, -0.05) is 29.8 Å². The third-order valence-electron chi connectivity index (χ3n) is 4.89. The molecule has 0 spiro atoms. The van der Waals surface area contributed by atoms with E-state index in [0.717, 1.165) is 18.2 Å². The van der Waals surface area contributed by atoms with Gasteiger partial charge in [-0.2, -0.15) is 0 Å². The van der Waals surface area contributed by atoms with Crippen molar-refractivity contribution < 1.29 is 17.9 Å². The molecule has 30 heavy (non-hydrogen) atoms. The number of para-hydroxylation sites is 1. The van der Waals surface area contributed by atoms with E-state index < -0.39 is 15.9 Å². The maximum Gasteiger partial charge on any atom is 0.255 e. The maximum absolute atomic E-state index is 12.8. The van der Waals surface area contributed by atoms with Gasteiger partial charge in [-0.3, -0.25) is 9.78 Å². The first kappa shape index (κ1) is 20.7. The fourth-order valence-corrected chi connectivity index (χ4v) is 4.93. The summed E-state index contributed by atoms with van der Waals surface area (Å²) in [5.41, 5.74) is 1.35. The number of fused-ring (bicyclic) bond motifs is 1. The molecular weight excluding hydrogens is 426 g/mol. The van der Waals surface area contributed by atoms with Crippen LogP contribution < -0.4 is 10.0 Å². The Morgan fingerprint density at radius 3 is 2.83 bits per heavy atom. The fourth-order valence-electron chi connectivity index (χ4n) is 3.34. The van der Waals surface area contributed by atoms with Crippen molar-refractivity contribution in [3.05, 3.63) is 65.3 Å². The van der Waals surface area contributed by atoms with Crippen LogP contribution in [-0.4, -0.2) is 38.6 Å². The maximum atomic E-state index is 12.8. The number of nitrogens with one attached hydrogen (secondary N) is 2. The third kappa shape index (κ3) is 4.46. The Bertz CT molecular complexity index is 1190. The highest BCUT2D eigenvalue weighted by atomic mass is 35.5. The summed E-state index contributed by atoms with van der Waals surface area (Å²) in [6.07, 6.45) is 3.21. The van der Waals surface area contributed by atoms with Crippen LogP contribution in [0.15, 0.2) is 59.6 Å². The van der Waals surface area contributed by atoms with Crippen molar-refractivity contribution in [1.82, 2.24) is 9.71 Å². The summed E-state index contributed by atoms with van der Waals surface area (Å²) in [7, 11) is -3.90. The summed E-state index contributed by atoms with van der Waals surface area (Å²) in [5, 5.41) is 3.72. The van der Waals surface area contributed by atoms with E-state index in [0.29, 0.717) is 17.8 Å². The Morgan fingerprint density at radius 1 is 1.20 bits per heavy atom. The highest BCUT2D eigenvalue weighted by Crippen LogP contribution is 2.25. The summed E-state index contributed by atoms with van der Waals surface area (Å²) in [6, 6.07) is 13.3. The normalized spacial score (nSPS) is 16.6. The second-order valence-corrected chi connectivity index (χ2v) is 9.11. The second kappa shape index (κ2) is 8.69. The molecule has 0 bridgehead atoms. The van der Waals surface area contributed by atoms with E-state index in [4.69, 9.17) is 16.3 Å². The zero-order valence-corrected chi connectivity index (χ0v) is 17.5. The average Bonchev–Trinajstić information content (AvgIpc) is 3.26. The number of halogens is 1. The molecule has 4 rings (SSSR count). The average molecular weight is 446 g/mol. The van der Waals surface area contributed by atoms with E-state index >= 15 is 0 Å². The monoisotopic (exact) mass is 445 g/mol. The minimum Gasteiger partial charge on any atom is -0.377 e. The van der Waals surface area contributed by atoms with Crippen LogP contribution in [0, 0.1) is 0 Å². The first-order chi connectivity index (χ1) is 14.4. The third-order valence-corrected chi connectivity index (χ3v) is 6.79. The molecule has 1 aliphatic heterocycles. The van der Waals surface area contributed by atoms with Gasteiger partial charge in [-0.05, 0) is 43.2 Å². The van der Waals surface area contributed by atoms with Gasteiger partial charge in [0.1, 0.15) is 4.90 Å². The lowest BCUT2D eigenvalue weighted by Crippen LogP contribution is -2.32. The molecule has 0 aliphatic carbocycles. The largest absolute Gasteiger partial charge is 0.377 e.